The Hall–Kier alpha value is -0.0700. The second kappa shape index (κ2) is 10.9. The lowest BCUT2D eigenvalue weighted by Crippen LogP contribution is -2.53. The van der Waals surface area contributed by atoms with Crippen LogP contribution in [0.1, 0.15) is 38.5 Å². The SMILES string of the molecule is COCC1(C(=O)N2CCC(CN3CCCC3)CC2)CCNCC1.Cl.Cl. The first-order chi connectivity index (χ1) is 11.2. The van der Waals surface area contributed by atoms with Crippen LogP contribution in [0.4, 0.5) is 0 Å². The topological polar surface area (TPSA) is 44.8 Å². The van der Waals surface area contributed by atoms with E-state index in [2.05, 4.69) is 15.1 Å². The number of carbonyl (C=O) groups excluding carboxylic acids is 1. The smallest absolute Gasteiger partial charge is 0.231 e. The lowest BCUT2D eigenvalue weighted by atomic mass is 9.77. The zero-order valence-corrected chi connectivity index (χ0v) is 17.1. The number of likely N-dealkylation sites (tertiary alicyclic amines) is 2. The molecule has 0 unspecified atom stereocenters. The minimum atomic E-state index is -0.276. The van der Waals surface area contributed by atoms with E-state index in [1.807, 2.05) is 0 Å². The van der Waals surface area contributed by atoms with Gasteiger partial charge in [-0.3, -0.25) is 4.79 Å². The van der Waals surface area contributed by atoms with Gasteiger partial charge in [-0.05, 0) is 70.6 Å². The molecule has 25 heavy (non-hydrogen) atoms. The molecule has 0 aliphatic carbocycles. The molecule has 0 aromatic heterocycles. The largest absolute Gasteiger partial charge is 0.384 e. The molecular weight excluding hydrogens is 361 g/mol. The third-order valence-corrected chi connectivity index (χ3v) is 6.05. The van der Waals surface area contributed by atoms with Crippen molar-refractivity contribution >= 4 is 30.7 Å². The molecule has 1 N–H and O–H groups in total. The molecule has 148 valence electrons. The monoisotopic (exact) mass is 395 g/mol. The van der Waals surface area contributed by atoms with Crippen LogP contribution in [0.2, 0.25) is 0 Å². The lowest BCUT2D eigenvalue weighted by Gasteiger charge is -2.42. The summed E-state index contributed by atoms with van der Waals surface area (Å²) in [4.78, 5) is 17.9. The number of hydrogen-bond acceptors (Lipinski definition) is 4. The second-order valence-corrected chi connectivity index (χ2v) is 7.71. The van der Waals surface area contributed by atoms with Crippen molar-refractivity contribution in [3.8, 4) is 0 Å². The van der Waals surface area contributed by atoms with Gasteiger partial charge in [0.25, 0.3) is 0 Å². The van der Waals surface area contributed by atoms with Gasteiger partial charge in [0.1, 0.15) is 0 Å². The molecule has 3 rings (SSSR count). The molecule has 0 atom stereocenters. The zero-order chi connectivity index (χ0) is 16.1. The first-order valence-corrected chi connectivity index (χ1v) is 9.45. The van der Waals surface area contributed by atoms with Crippen molar-refractivity contribution in [1.82, 2.24) is 15.1 Å². The average molecular weight is 396 g/mol. The molecule has 0 aromatic rings. The molecule has 3 aliphatic heterocycles. The fourth-order valence-electron chi connectivity index (χ4n) is 4.59. The number of methoxy groups -OCH3 is 1. The van der Waals surface area contributed by atoms with E-state index in [4.69, 9.17) is 4.74 Å². The number of ether oxygens (including phenoxy) is 1. The molecule has 0 spiro atoms. The van der Waals surface area contributed by atoms with Crippen LogP contribution in [0.25, 0.3) is 0 Å². The maximum absolute atomic E-state index is 13.1. The summed E-state index contributed by atoms with van der Waals surface area (Å²) >= 11 is 0. The highest BCUT2D eigenvalue weighted by molar-refractivity contribution is 5.85. The van der Waals surface area contributed by atoms with Gasteiger partial charge in [-0.1, -0.05) is 0 Å². The molecular formula is C18H35Cl2N3O2. The van der Waals surface area contributed by atoms with Gasteiger partial charge in [-0.15, -0.1) is 24.8 Å². The summed E-state index contributed by atoms with van der Waals surface area (Å²) in [6, 6.07) is 0. The fraction of sp³-hybridized carbons (Fsp3) is 0.944. The molecule has 0 saturated carbocycles. The highest BCUT2D eigenvalue weighted by atomic mass is 35.5. The summed E-state index contributed by atoms with van der Waals surface area (Å²) in [7, 11) is 1.72. The summed E-state index contributed by atoms with van der Waals surface area (Å²) in [5.74, 6) is 1.13. The van der Waals surface area contributed by atoms with Gasteiger partial charge in [0.05, 0.1) is 12.0 Å². The van der Waals surface area contributed by atoms with Gasteiger partial charge >= 0.3 is 0 Å². The average Bonchev–Trinajstić information content (AvgIpc) is 3.09. The Morgan fingerprint density at radius 1 is 1.08 bits per heavy atom. The van der Waals surface area contributed by atoms with Crippen molar-refractivity contribution in [3.05, 3.63) is 0 Å². The Morgan fingerprint density at radius 3 is 2.24 bits per heavy atom. The third-order valence-electron chi connectivity index (χ3n) is 6.05. The van der Waals surface area contributed by atoms with E-state index in [0.29, 0.717) is 12.5 Å². The Kier molecular flexibility index (Phi) is 10.0. The Labute approximate surface area is 165 Å². The van der Waals surface area contributed by atoms with E-state index in [0.717, 1.165) is 44.9 Å². The molecule has 7 heteroatoms. The number of nitrogens with one attached hydrogen (secondary N) is 1. The van der Waals surface area contributed by atoms with Crippen molar-refractivity contribution in [1.29, 1.82) is 0 Å². The van der Waals surface area contributed by atoms with Crippen molar-refractivity contribution in [2.75, 3.05) is 59.5 Å². The Bertz CT molecular complexity index is 386. The number of halogens is 2. The first-order valence-electron chi connectivity index (χ1n) is 9.45. The molecule has 0 radical (unpaired) electrons. The number of piperidine rings is 2. The van der Waals surface area contributed by atoms with Crippen LogP contribution in [0, 0.1) is 11.3 Å². The standard InChI is InChI=1S/C18H33N3O2.2ClH/c1-23-15-18(6-8-19-9-7-18)17(22)21-12-4-16(5-13-21)14-20-10-2-3-11-20;;/h16,19H,2-15H2,1H3;2*1H. The van der Waals surface area contributed by atoms with Crippen LogP contribution in [0.5, 0.6) is 0 Å². The van der Waals surface area contributed by atoms with Crippen LogP contribution in [0.15, 0.2) is 0 Å². The highest BCUT2D eigenvalue weighted by Crippen LogP contribution is 2.33. The van der Waals surface area contributed by atoms with E-state index in [9.17, 15) is 4.79 Å². The molecule has 3 heterocycles. The molecule has 1 amide bonds. The van der Waals surface area contributed by atoms with Crippen LogP contribution < -0.4 is 5.32 Å². The van der Waals surface area contributed by atoms with Gasteiger partial charge < -0.3 is 19.9 Å². The summed E-state index contributed by atoms with van der Waals surface area (Å²) in [6.07, 6.45) is 6.89. The normalized spacial score (nSPS) is 24.4. The van der Waals surface area contributed by atoms with Crippen molar-refractivity contribution < 1.29 is 9.53 Å². The fourth-order valence-corrected chi connectivity index (χ4v) is 4.59. The Morgan fingerprint density at radius 2 is 1.68 bits per heavy atom. The summed E-state index contributed by atoms with van der Waals surface area (Å²) < 4.78 is 5.42. The van der Waals surface area contributed by atoms with Crippen LogP contribution in [-0.4, -0.2) is 75.2 Å². The number of rotatable bonds is 5. The van der Waals surface area contributed by atoms with Crippen molar-refractivity contribution in [3.63, 3.8) is 0 Å². The van der Waals surface area contributed by atoms with E-state index in [1.54, 1.807) is 7.11 Å². The van der Waals surface area contributed by atoms with Gasteiger partial charge in [-0.2, -0.15) is 0 Å². The minimum Gasteiger partial charge on any atom is -0.384 e. The molecule has 3 fully saturated rings. The van der Waals surface area contributed by atoms with Crippen molar-refractivity contribution in [2.45, 2.75) is 38.5 Å². The Balaban J connectivity index is 0.00000156. The van der Waals surface area contributed by atoms with E-state index >= 15 is 0 Å². The zero-order valence-electron chi connectivity index (χ0n) is 15.5. The van der Waals surface area contributed by atoms with Gasteiger partial charge in [0.15, 0.2) is 0 Å². The van der Waals surface area contributed by atoms with Crippen molar-refractivity contribution in [2.24, 2.45) is 11.3 Å². The highest BCUT2D eigenvalue weighted by Gasteiger charge is 2.42. The predicted molar refractivity (Wildman–Crippen MR) is 106 cm³/mol. The third kappa shape index (κ3) is 5.70. The quantitative estimate of drug-likeness (QED) is 0.774. The minimum absolute atomic E-state index is 0. The first kappa shape index (κ1) is 23.0. The molecule has 5 nitrogen and oxygen atoms in total. The molecule has 3 saturated heterocycles. The molecule has 3 aliphatic rings. The van der Waals surface area contributed by atoms with E-state index in [-0.39, 0.29) is 30.2 Å². The second-order valence-electron chi connectivity index (χ2n) is 7.71. The molecule has 0 aromatic carbocycles. The predicted octanol–water partition coefficient (Wildman–Crippen LogP) is 2.18. The van der Waals surface area contributed by atoms with Gasteiger partial charge in [-0.25, -0.2) is 0 Å². The summed E-state index contributed by atoms with van der Waals surface area (Å²) in [6.45, 7) is 8.12. The number of carbonyl (C=O) groups is 1. The summed E-state index contributed by atoms with van der Waals surface area (Å²) in [5, 5.41) is 3.37. The van der Waals surface area contributed by atoms with Crippen LogP contribution in [0.3, 0.4) is 0 Å². The summed E-state index contributed by atoms with van der Waals surface area (Å²) in [5.41, 5.74) is -0.276. The number of hydrogen-bond donors (Lipinski definition) is 1. The maximum Gasteiger partial charge on any atom is 0.231 e. The van der Waals surface area contributed by atoms with Crippen LogP contribution in [-0.2, 0) is 9.53 Å². The lowest BCUT2D eigenvalue weighted by molar-refractivity contribution is -0.149. The van der Waals surface area contributed by atoms with Crippen LogP contribution >= 0.6 is 24.8 Å². The van der Waals surface area contributed by atoms with Gasteiger partial charge in [0, 0.05) is 26.7 Å². The van der Waals surface area contributed by atoms with E-state index < -0.39 is 0 Å². The number of amides is 1. The van der Waals surface area contributed by atoms with E-state index in [1.165, 1.54) is 45.3 Å². The number of nitrogens with zero attached hydrogens (tertiary/aromatic N) is 2. The maximum atomic E-state index is 13.1. The van der Waals surface area contributed by atoms with Gasteiger partial charge in [0.2, 0.25) is 5.91 Å². The molecule has 0 bridgehead atoms.